The summed E-state index contributed by atoms with van der Waals surface area (Å²) in [5.41, 5.74) is -0.817. The second kappa shape index (κ2) is 4.49. The van der Waals surface area contributed by atoms with Crippen LogP contribution in [0.5, 0.6) is 5.88 Å². The topological polar surface area (TPSA) is 59.4 Å². The molecule has 0 amide bonds. The molecule has 0 aliphatic carbocycles. The van der Waals surface area contributed by atoms with Gasteiger partial charge in [0, 0.05) is 0 Å². The number of ether oxygens (including phenoxy) is 1. The zero-order valence-electron chi connectivity index (χ0n) is 7.78. The third-order valence-electron chi connectivity index (χ3n) is 1.37. The number of hydrogen-bond acceptors (Lipinski definition) is 3. The number of pyridine rings is 1. The fourth-order valence-electron chi connectivity index (χ4n) is 0.839. The van der Waals surface area contributed by atoms with Crippen molar-refractivity contribution in [3.63, 3.8) is 0 Å². The summed E-state index contributed by atoms with van der Waals surface area (Å²) < 4.78 is 17.9. The van der Waals surface area contributed by atoms with Crippen molar-refractivity contribution in [1.82, 2.24) is 4.98 Å². The van der Waals surface area contributed by atoms with Crippen LogP contribution in [-0.2, 0) is 0 Å². The van der Waals surface area contributed by atoms with Crippen LogP contribution in [0.2, 0.25) is 0 Å². The number of aromatic nitrogens is 1. The molecule has 0 bridgehead atoms. The Kier molecular flexibility index (Phi) is 3.67. The van der Waals surface area contributed by atoms with E-state index in [-0.39, 0.29) is 10.4 Å². The lowest BCUT2D eigenvalue weighted by Crippen LogP contribution is -2.38. The Morgan fingerprint density at radius 1 is 1.56 bits per heavy atom. The quantitative estimate of drug-likeness (QED) is 0.802. The van der Waals surface area contributed by atoms with E-state index in [9.17, 15) is 9.18 Å². The van der Waals surface area contributed by atoms with Gasteiger partial charge in [0.05, 0.1) is 4.47 Å². The minimum atomic E-state index is -2.04. The van der Waals surface area contributed by atoms with Gasteiger partial charge < -0.3 is 9.84 Å². The molecule has 6 radical (unpaired) electrons. The number of halogens is 2. The van der Waals surface area contributed by atoms with Crippen molar-refractivity contribution < 1.29 is 19.0 Å². The molecular formula is C7H2B3BrFNO3. The van der Waals surface area contributed by atoms with Crippen LogP contribution in [0.3, 0.4) is 0 Å². The highest BCUT2D eigenvalue weighted by Gasteiger charge is 2.20. The van der Waals surface area contributed by atoms with Crippen molar-refractivity contribution in [1.29, 1.82) is 0 Å². The third-order valence-corrected chi connectivity index (χ3v) is 1.94. The van der Waals surface area contributed by atoms with Gasteiger partial charge in [-0.25, -0.2) is 14.2 Å². The van der Waals surface area contributed by atoms with Crippen LogP contribution >= 0.6 is 15.9 Å². The molecule has 0 unspecified atom stereocenters. The van der Waals surface area contributed by atoms with E-state index in [0.29, 0.717) is 0 Å². The molecule has 1 heterocycles. The summed E-state index contributed by atoms with van der Waals surface area (Å²) in [7, 11) is 15.4. The SMILES string of the molecule is [B]C([B])([B])Oc1nc(C(=O)O)c(F)cc1Br. The van der Waals surface area contributed by atoms with Crippen LogP contribution in [0.1, 0.15) is 10.5 Å². The number of nitrogens with zero attached hydrogens (tertiary/aromatic N) is 1. The minimum absolute atomic E-state index is 0.0423. The fraction of sp³-hybridized carbons (Fsp3) is 0.143. The molecule has 0 aromatic carbocycles. The normalized spacial score (nSPS) is 11.1. The van der Waals surface area contributed by atoms with Crippen molar-refractivity contribution in [2.45, 2.75) is 5.30 Å². The second-order valence-corrected chi connectivity index (χ2v) is 3.72. The summed E-state index contributed by atoms with van der Waals surface area (Å²) in [6.07, 6.45) is 0. The Balaban J connectivity index is 3.20. The third kappa shape index (κ3) is 3.26. The van der Waals surface area contributed by atoms with Crippen LogP contribution in [-0.4, -0.2) is 44.9 Å². The maximum Gasteiger partial charge on any atom is 0.357 e. The highest BCUT2D eigenvalue weighted by atomic mass is 79.9. The molecule has 0 atom stereocenters. The largest absolute Gasteiger partial charge is 0.500 e. The monoisotopic (exact) mass is 279 g/mol. The molecule has 1 aromatic heterocycles. The first-order valence-corrected chi connectivity index (χ1v) is 4.65. The van der Waals surface area contributed by atoms with E-state index >= 15 is 0 Å². The number of carboxylic acid groups (broad SMARTS) is 1. The summed E-state index contributed by atoms with van der Waals surface area (Å²) in [6.45, 7) is 0. The van der Waals surface area contributed by atoms with Crippen LogP contribution in [0.15, 0.2) is 10.5 Å². The van der Waals surface area contributed by atoms with Crippen molar-refractivity contribution in [2.24, 2.45) is 0 Å². The summed E-state index contributed by atoms with van der Waals surface area (Å²) in [4.78, 5) is 14.0. The number of hydrogen-bond donors (Lipinski definition) is 1. The average molecular weight is 279 g/mol. The molecule has 9 heteroatoms. The molecule has 0 fully saturated rings. The Hall–Kier alpha value is -0.975. The Morgan fingerprint density at radius 2 is 2.12 bits per heavy atom. The Morgan fingerprint density at radius 3 is 2.56 bits per heavy atom. The first-order chi connectivity index (χ1) is 7.20. The van der Waals surface area contributed by atoms with E-state index in [2.05, 4.69) is 20.9 Å². The van der Waals surface area contributed by atoms with Crippen molar-refractivity contribution in [3.05, 3.63) is 22.1 Å². The molecule has 0 aliphatic rings. The average Bonchev–Trinajstić information content (AvgIpc) is 2.07. The number of carbonyl (C=O) groups is 1. The van der Waals surface area contributed by atoms with Crippen LogP contribution in [0.25, 0.3) is 0 Å². The maximum absolute atomic E-state index is 13.1. The van der Waals surface area contributed by atoms with Crippen molar-refractivity contribution in [3.8, 4) is 5.88 Å². The predicted octanol–water partition coefficient (Wildman–Crippen LogP) is 0.177. The smallest absolute Gasteiger partial charge is 0.357 e. The van der Waals surface area contributed by atoms with Crippen LogP contribution in [0.4, 0.5) is 4.39 Å². The number of carboxylic acids is 1. The van der Waals surface area contributed by atoms with E-state index in [1.54, 1.807) is 0 Å². The zero-order chi connectivity index (χ0) is 12.5. The van der Waals surface area contributed by atoms with Crippen molar-refractivity contribution in [2.75, 3.05) is 0 Å². The molecular weight excluding hydrogens is 277 g/mol. The van der Waals surface area contributed by atoms with Gasteiger partial charge in [-0.3, -0.25) is 0 Å². The van der Waals surface area contributed by atoms with Gasteiger partial charge in [0.2, 0.25) is 5.88 Å². The number of aromatic carboxylic acids is 1. The summed E-state index contributed by atoms with van der Waals surface area (Å²) >= 11 is 2.90. The van der Waals surface area contributed by atoms with E-state index in [1.165, 1.54) is 0 Å². The van der Waals surface area contributed by atoms with Gasteiger partial charge in [0.15, 0.2) is 11.5 Å². The van der Waals surface area contributed by atoms with E-state index < -0.39 is 22.8 Å². The highest BCUT2D eigenvalue weighted by Crippen LogP contribution is 2.26. The number of rotatable bonds is 3. The summed E-state index contributed by atoms with van der Waals surface area (Å²) in [6, 6.07) is 0.859. The summed E-state index contributed by atoms with van der Waals surface area (Å²) in [5, 5.41) is 6.57. The van der Waals surface area contributed by atoms with Gasteiger partial charge in [-0.15, -0.1) is 0 Å². The van der Waals surface area contributed by atoms with Gasteiger partial charge in [0.1, 0.15) is 23.5 Å². The van der Waals surface area contributed by atoms with Gasteiger partial charge in [-0.2, -0.15) is 0 Å². The fourth-order valence-corrected chi connectivity index (χ4v) is 1.21. The molecule has 1 aromatic rings. The molecule has 4 nitrogen and oxygen atoms in total. The lowest BCUT2D eigenvalue weighted by Gasteiger charge is -2.23. The Bertz CT molecular complexity index is 438. The molecule has 0 saturated carbocycles. The first-order valence-electron chi connectivity index (χ1n) is 3.85. The van der Waals surface area contributed by atoms with E-state index in [1.807, 2.05) is 0 Å². The van der Waals surface area contributed by atoms with E-state index in [4.69, 9.17) is 33.4 Å². The Labute approximate surface area is 103 Å². The van der Waals surface area contributed by atoms with Gasteiger partial charge in [-0.1, -0.05) is 0 Å². The standard InChI is InChI=1S/C7H2B3BrFNO3/c8-7(9,10)16-5-2(11)1-3(12)4(13-5)6(14)15/h1H,(H,14,15). The molecule has 0 saturated heterocycles. The lowest BCUT2D eigenvalue weighted by molar-refractivity contribution is 0.0683. The minimum Gasteiger partial charge on any atom is -0.500 e. The second-order valence-electron chi connectivity index (χ2n) is 2.87. The van der Waals surface area contributed by atoms with Crippen LogP contribution in [0, 0.1) is 5.82 Å². The van der Waals surface area contributed by atoms with Gasteiger partial charge in [0.25, 0.3) is 0 Å². The molecule has 76 valence electrons. The lowest BCUT2D eigenvalue weighted by atomic mass is 9.52. The summed E-state index contributed by atoms with van der Waals surface area (Å²) in [5.74, 6) is -2.89. The first kappa shape index (κ1) is 13.1. The van der Waals surface area contributed by atoms with E-state index in [0.717, 1.165) is 6.07 Å². The van der Waals surface area contributed by atoms with Crippen molar-refractivity contribution >= 4 is 45.4 Å². The maximum atomic E-state index is 13.1. The molecule has 0 spiro atoms. The van der Waals surface area contributed by atoms with Gasteiger partial charge >= 0.3 is 5.97 Å². The predicted molar refractivity (Wildman–Crippen MR) is 59.5 cm³/mol. The molecule has 1 rings (SSSR count). The molecule has 0 aliphatic heterocycles. The van der Waals surface area contributed by atoms with Gasteiger partial charge in [-0.05, 0) is 27.3 Å². The molecule has 1 N–H and O–H groups in total. The van der Waals surface area contributed by atoms with Crippen LogP contribution < -0.4 is 4.74 Å². The molecule has 16 heavy (non-hydrogen) atoms. The highest BCUT2D eigenvalue weighted by molar-refractivity contribution is 9.10. The zero-order valence-corrected chi connectivity index (χ0v) is 9.36.